The maximum Gasteiger partial charge on any atom is 0.222 e. The molecule has 4 saturated carbocycles. The minimum absolute atomic E-state index is 0.0546. The molecule has 0 saturated heterocycles. The molecule has 4 fully saturated rings. The first-order valence-electron chi connectivity index (χ1n) is 9.72. The molecule has 4 bridgehead atoms. The molecule has 26 heavy (non-hydrogen) atoms. The molecule has 0 amide bonds. The van der Waals surface area contributed by atoms with Crippen LogP contribution in [0, 0.1) is 11.8 Å². The Kier molecular flexibility index (Phi) is 3.70. The fourth-order valence-corrected chi connectivity index (χ4v) is 6.02. The van der Waals surface area contributed by atoms with Gasteiger partial charge in [-0.3, -0.25) is 0 Å². The van der Waals surface area contributed by atoms with Crippen LogP contribution in [0.4, 0.5) is 5.95 Å². The van der Waals surface area contributed by atoms with Crippen LogP contribution in [0.5, 0.6) is 0 Å². The Hall–Kier alpha value is -2.09. The molecule has 0 aromatic carbocycles. The molecule has 4 aliphatic rings. The van der Waals surface area contributed by atoms with Gasteiger partial charge >= 0.3 is 0 Å². The van der Waals surface area contributed by atoms with Gasteiger partial charge in [-0.05, 0) is 62.5 Å². The van der Waals surface area contributed by atoms with Crippen LogP contribution in [0.15, 0.2) is 18.7 Å². The van der Waals surface area contributed by atoms with E-state index in [1.54, 1.807) is 6.33 Å². The van der Waals surface area contributed by atoms with Gasteiger partial charge in [-0.25, -0.2) is 9.97 Å². The predicted molar refractivity (Wildman–Crippen MR) is 96.2 cm³/mol. The van der Waals surface area contributed by atoms with Gasteiger partial charge < -0.3 is 10.6 Å². The molecule has 2 aromatic rings. The van der Waals surface area contributed by atoms with E-state index in [2.05, 4.69) is 36.0 Å². The van der Waals surface area contributed by atoms with Gasteiger partial charge in [-0.1, -0.05) is 0 Å². The molecule has 0 aliphatic heterocycles. The lowest BCUT2D eigenvalue weighted by atomic mass is 9.50. The maximum absolute atomic E-state index is 4.42. The molecule has 8 heteroatoms. The summed E-state index contributed by atoms with van der Waals surface area (Å²) in [5.41, 5.74) is 1.37. The van der Waals surface area contributed by atoms with Crippen molar-refractivity contribution >= 4 is 5.95 Å². The van der Waals surface area contributed by atoms with Gasteiger partial charge in [0.15, 0.2) is 6.33 Å². The number of nitrogens with zero attached hydrogens (tertiary/aromatic N) is 6. The van der Waals surface area contributed by atoms with Crippen LogP contribution in [0.3, 0.4) is 0 Å². The molecule has 8 nitrogen and oxygen atoms in total. The van der Waals surface area contributed by atoms with E-state index in [1.807, 2.05) is 24.1 Å². The van der Waals surface area contributed by atoms with Crippen molar-refractivity contribution in [1.82, 2.24) is 35.5 Å². The molecule has 6 rings (SSSR count). The Labute approximate surface area is 153 Å². The summed E-state index contributed by atoms with van der Waals surface area (Å²) in [7, 11) is 0. The maximum atomic E-state index is 4.42. The summed E-state index contributed by atoms with van der Waals surface area (Å²) in [4.78, 5) is 10.7. The Morgan fingerprint density at radius 2 is 1.92 bits per heavy atom. The van der Waals surface area contributed by atoms with Crippen LogP contribution in [0.2, 0.25) is 0 Å². The normalized spacial score (nSPS) is 35.0. The first-order chi connectivity index (χ1) is 12.7. The molecule has 2 unspecified atom stereocenters. The highest BCUT2D eigenvalue weighted by Crippen LogP contribution is 2.60. The van der Waals surface area contributed by atoms with Crippen molar-refractivity contribution in [2.24, 2.45) is 11.8 Å². The van der Waals surface area contributed by atoms with Crippen molar-refractivity contribution in [2.75, 3.05) is 11.9 Å². The van der Waals surface area contributed by atoms with Crippen LogP contribution in [0.1, 0.15) is 51.0 Å². The number of hydrogen-bond donors (Lipinski definition) is 2. The molecule has 0 spiro atoms. The topological polar surface area (TPSA) is 93.4 Å². The molecule has 138 valence electrons. The summed E-state index contributed by atoms with van der Waals surface area (Å²) in [5.74, 6) is 2.23. The Bertz CT molecular complexity index is 742. The van der Waals surface area contributed by atoms with Crippen LogP contribution in [0.25, 0.3) is 0 Å². The monoisotopic (exact) mass is 354 g/mol. The number of anilines is 1. The number of rotatable bonds is 6. The van der Waals surface area contributed by atoms with Gasteiger partial charge in [-0.15, -0.1) is 10.2 Å². The van der Waals surface area contributed by atoms with E-state index in [0.717, 1.165) is 36.9 Å². The number of tetrazole rings is 1. The van der Waals surface area contributed by atoms with E-state index in [9.17, 15) is 0 Å². The molecule has 2 N–H and O–H groups in total. The lowest BCUT2D eigenvalue weighted by Gasteiger charge is -2.61. The second-order valence-corrected chi connectivity index (χ2v) is 8.49. The molecule has 4 aliphatic carbocycles. The highest BCUT2D eigenvalue weighted by molar-refractivity contribution is 5.24. The van der Waals surface area contributed by atoms with E-state index in [1.165, 1.54) is 32.1 Å². The van der Waals surface area contributed by atoms with E-state index >= 15 is 0 Å². The fraction of sp³-hybridized carbons (Fsp3) is 0.722. The van der Waals surface area contributed by atoms with Gasteiger partial charge in [0.1, 0.15) is 0 Å². The number of aromatic nitrogens is 6. The van der Waals surface area contributed by atoms with E-state index < -0.39 is 0 Å². The molecule has 2 aromatic heterocycles. The molecule has 2 heterocycles. The number of nitrogens with one attached hydrogen (secondary N) is 2. The minimum atomic E-state index is 0.0546. The Balaban J connectivity index is 1.34. The van der Waals surface area contributed by atoms with Gasteiger partial charge in [0.2, 0.25) is 5.95 Å². The quantitative estimate of drug-likeness (QED) is 0.816. The van der Waals surface area contributed by atoms with Crippen molar-refractivity contribution in [3.8, 4) is 0 Å². The Morgan fingerprint density at radius 1 is 1.15 bits per heavy atom. The summed E-state index contributed by atoms with van der Waals surface area (Å²) in [6.45, 7) is 3.69. The third-order valence-corrected chi connectivity index (χ3v) is 6.51. The summed E-state index contributed by atoms with van der Waals surface area (Å²) in [5, 5.41) is 19.7. The van der Waals surface area contributed by atoms with Crippen molar-refractivity contribution in [3.05, 3.63) is 24.3 Å². The first-order valence-corrected chi connectivity index (χ1v) is 9.72. The van der Waals surface area contributed by atoms with Crippen molar-refractivity contribution in [2.45, 2.75) is 63.1 Å². The summed E-state index contributed by atoms with van der Waals surface area (Å²) in [6, 6.07) is 0. The summed E-state index contributed by atoms with van der Waals surface area (Å²) >= 11 is 0. The average Bonchev–Trinajstić information content (AvgIpc) is 3.16. The van der Waals surface area contributed by atoms with Crippen LogP contribution >= 0.6 is 0 Å². The third kappa shape index (κ3) is 2.67. The SMILES string of the molecule is CCNc1ncc(CNC23CC4CC(C2)CC(n2ncnn2)(C4)C3)cn1. The highest BCUT2D eigenvalue weighted by atomic mass is 15.6. The van der Waals surface area contributed by atoms with Gasteiger partial charge in [0.05, 0.1) is 5.54 Å². The van der Waals surface area contributed by atoms with Crippen molar-refractivity contribution in [3.63, 3.8) is 0 Å². The van der Waals surface area contributed by atoms with Crippen LogP contribution < -0.4 is 10.6 Å². The molecular formula is C18H26N8. The Morgan fingerprint density at radius 3 is 2.58 bits per heavy atom. The summed E-state index contributed by atoms with van der Waals surface area (Å²) in [6.07, 6.45) is 12.8. The average molecular weight is 354 g/mol. The van der Waals surface area contributed by atoms with Gasteiger partial charge in [0.25, 0.3) is 0 Å². The van der Waals surface area contributed by atoms with Crippen LogP contribution in [-0.2, 0) is 12.1 Å². The number of hydrogen-bond acceptors (Lipinski definition) is 7. The zero-order valence-electron chi connectivity index (χ0n) is 15.2. The smallest absolute Gasteiger partial charge is 0.222 e. The highest BCUT2D eigenvalue weighted by Gasteiger charge is 2.59. The zero-order valence-corrected chi connectivity index (χ0v) is 15.2. The summed E-state index contributed by atoms with van der Waals surface area (Å²) < 4.78 is 0. The zero-order chi connectivity index (χ0) is 17.6. The fourth-order valence-electron chi connectivity index (χ4n) is 6.02. The van der Waals surface area contributed by atoms with E-state index in [0.29, 0.717) is 5.95 Å². The van der Waals surface area contributed by atoms with Crippen molar-refractivity contribution in [1.29, 1.82) is 0 Å². The standard InChI is InChI=1S/C18H26N8/c1-2-19-16-20-8-15(9-21-16)10-22-17-4-13-3-14(5-17)7-18(6-13,11-17)26-24-12-23-25-26/h8-9,12-14,22H,2-7,10-11H2,1H3,(H,19,20,21). The van der Waals surface area contributed by atoms with Crippen LogP contribution in [-0.4, -0.2) is 42.3 Å². The second-order valence-electron chi connectivity index (χ2n) is 8.49. The molecule has 2 atom stereocenters. The van der Waals surface area contributed by atoms with E-state index in [-0.39, 0.29) is 11.1 Å². The third-order valence-electron chi connectivity index (χ3n) is 6.51. The lowest BCUT2D eigenvalue weighted by Crippen LogP contribution is -2.65. The van der Waals surface area contributed by atoms with Gasteiger partial charge in [0, 0.05) is 36.6 Å². The van der Waals surface area contributed by atoms with Crippen molar-refractivity contribution < 1.29 is 0 Å². The molecule has 0 radical (unpaired) electrons. The first kappa shape index (κ1) is 16.1. The largest absolute Gasteiger partial charge is 0.355 e. The minimum Gasteiger partial charge on any atom is -0.355 e. The molecular weight excluding hydrogens is 328 g/mol. The van der Waals surface area contributed by atoms with Gasteiger partial charge in [-0.2, -0.15) is 4.80 Å². The second kappa shape index (κ2) is 5.97. The van der Waals surface area contributed by atoms with E-state index in [4.69, 9.17) is 0 Å². The lowest BCUT2D eigenvalue weighted by molar-refractivity contribution is -0.0854. The predicted octanol–water partition coefficient (Wildman–Crippen LogP) is 1.73.